The van der Waals surface area contributed by atoms with Gasteiger partial charge in [0.15, 0.2) is 5.13 Å². The average Bonchev–Trinajstić information content (AvgIpc) is 3.29. The lowest BCUT2D eigenvalue weighted by molar-refractivity contribution is -0.0882. The van der Waals surface area contributed by atoms with Crippen molar-refractivity contribution in [3.05, 3.63) is 52.2 Å². The molecule has 0 aliphatic rings. The highest BCUT2D eigenvalue weighted by atomic mass is 32.1. The van der Waals surface area contributed by atoms with E-state index < -0.39 is 22.7 Å². The van der Waals surface area contributed by atoms with E-state index in [9.17, 15) is 22.8 Å². The molecule has 2 aromatic heterocycles. The van der Waals surface area contributed by atoms with Crippen molar-refractivity contribution in [1.82, 2.24) is 4.98 Å². The molecule has 140 valence electrons. The molecule has 2 heterocycles. The van der Waals surface area contributed by atoms with Crippen LogP contribution < -0.4 is 10.1 Å². The maximum atomic E-state index is 12.9. The first-order valence-corrected chi connectivity index (χ1v) is 9.11. The molecule has 27 heavy (non-hydrogen) atoms. The van der Waals surface area contributed by atoms with E-state index >= 15 is 0 Å². The van der Waals surface area contributed by atoms with Crippen LogP contribution in [0.2, 0.25) is 0 Å². The summed E-state index contributed by atoms with van der Waals surface area (Å²) in [7, 11) is 1.48. The van der Waals surface area contributed by atoms with Crippen molar-refractivity contribution >= 4 is 39.5 Å². The molecule has 0 bridgehead atoms. The van der Waals surface area contributed by atoms with Crippen molar-refractivity contribution in [1.29, 1.82) is 0 Å². The molecule has 0 radical (unpaired) electrons. The number of amides is 1. The third-order valence-electron chi connectivity index (χ3n) is 3.42. The quantitative estimate of drug-likeness (QED) is 0.607. The highest BCUT2D eigenvalue weighted by Gasteiger charge is 2.42. The van der Waals surface area contributed by atoms with Crippen molar-refractivity contribution in [3.63, 3.8) is 0 Å². The van der Waals surface area contributed by atoms with Crippen LogP contribution in [0, 0.1) is 0 Å². The molecule has 0 aliphatic heterocycles. The summed E-state index contributed by atoms with van der Waals surface area (Å²) >= 11 is 1.64. The molecular formula is C17H11F3N2O3S2. The smallest absolute Gasteiger partial charge is 0.455 e. The number of Topliss-reactive ketones (excluding diaryl/α,β-unsaturated/α-hetero) is 1. The van der Waals surface area contributed by atoms with Gasteiger partial charge in [0.2, 0.25) is 0 Å². The number of ketones is 1. The Kier molecular flexibility index (Phi) is 5.29. The van der Waals surface area contributed by atoms with Gasteiger partial charge in [-0.15, -0.1) is 11.3 Å². The van der Waals surface area contributed by atoms with E-state index in [-0.39, 0.29) is 16.4 Å². The first kappa shape index (κ1) is 19.1. The number of thiophene rings is 1. The Morgan fingerprint density at radius 1 is 1.15 bits per heavy atom. The second kappa shape index (κ2) is 7.49. The molecule has 1 N–H and O–H groups in total. The summed E-state index contributed by atoms with van der Waals surface area (Å²) in [5.41, 5.74) is 0.176. The molecule has 0 aliphatic carbocycles. The molecule has 0 atom stereocenters. The zero-order valence-electron chi connectivity index (χ0n) is 13.7. The normalized spacial score (nSPS) is 11.3. The Labute approximate surface area is 159 Å². The minimum atomic E-state index is -5.03. The van der Waals surface area contributed by atoms with Crippen LogP contribution in [0.25, 0.3) is 10.6 Å². The van der Waals surface area contributed by atoms with Gasteiger partial charge < -0.3 is 4.74 Å². The van der Waals surface area contributed by atoms with Gasteiger partial charge in [-0.05, 0) is 35.7 Å². The van der Waals surface area contributed by atoms with E-state index in [4.69, 9.17) is 4.74 Å². The topological polar surface area (TPSA) is 68.3 Å². The molecule has 0 fully saturated rings. The molecule has 1 amide bonds. The fourth-order valence-corrected chi connectivity index (χ4v) is 3.87. The van der Waals surface area contributed by atoms with Crippen LogP contribution in [0.4, 0.5) is 18.3 Å². The number of carbonyl (C=O) groups is 2. The zero-order chi connectivity index (χ0) is 19.6. The number of hydrogen-bond acceptors (Lipinski definition) is 6. The van der Waals surface area contributed by atoms with E-state index in [1.165, 1.54) is 19.2 Å². The molecule has 1 aromatic carbocycles. The van der Waals surface area contributed by atoms with Crippen molar-refractivity contribution in [2.45, 2.75) is 6.18 Å². The molecule has 0 saturated carbocycles. The first-order valence-electron chi connectivity index (χ1n) is 7.41. The van der Waals surface area contributed by atoms with Gasteiger partial charge in [0.05, 0.1) is 12.0 Å². The van der Waals surface area contributed by atoms with Crippen molar-refractivity contribution in [3.8, 4) is 16.3 Å². The molecule has 0 unspecified atom stereocenters. The fourth-order valence-electron chi connectivity index (χ4n) is 2.15. The van der Waals surface area contributed by atoms with E-state index in [1.54, 1.807) is 29.6 Å². The van der Waals surface area contributed by atoms with Gasteiger partial charge in [0.25, 0.3) is 11.7 Å². The number of ether oxygens (including phenoxy) is 1. The summed E-state index contributed by atoms with van der Waals surface area (Å²) in [6.45, 7) is 0. The van der Waals surface area contributed by atoms with Crippen LogP contribution in [0.1, 0.15) is 20.0 Å². The van der Waals surface area contributed by atoms with Gasteiger partial charge in [0.1, 0.15) is 16.3 Å². The minimum Gasteiger partial charge on any atom is -0.497 e. The Morgan fingerprint density at radius 3 is 2.41 bits per heavy atom. The van der Waals surface area contributed by atoms with Gasteiger partial charge in [-0.1, -0.05) is 17.4 Å². The second-order valence-corrected chi connectivity index (χ2v) is 7.13. The van der Waals surface area contributed by atoms with Crippen LogP contribution in [0.15, 0.2) is 41.8 Å². The lowest BCUT2D eigenvalue weighted by atomic mass is 10.2. The standard InChI is InChI=1S/C17H11F3N2O3S2/c1-25-10-6-4-9(5-7-10)15(24)22-16-21-12(11-3-2-8-26-11)13(27-16)14(23)17(18,19)20/h2-8H,1H3,(H,21,22,24). The number of nitrogens with one attached hydrogen (secondary N) is 1. The van der Waals surface area contributed by atoms with Gasteiger partial charge in [-0.25, -0.2) is 4.98 Å². The zero-order valence-corrected chi connectivity index (χ0v) is 15.3. The van der Waals surface area contributed by atoms with E-state index in [0.29, 0.717) is 22.0 Å². The molecule has 3 aromatic rings. The predicted molar refractivity (Wildman–Crippen MR) is 96.8 cm³/mol. The van der Waals surface area contributed by atoms with Crippen LogP contribution >= 0.6 is 22.7 Å². The largest absolute Gasteiger partial charge is 0.497 e. The lowest BCUT2D eigenvalue weighted by Crippen LogP contribution is -2.22. The number of carbonyl (C=O) groups excluding carboxylic acids is 2. The van der Waals surface area contributed by atoms with Crippen LogP contribution in [0.3, 0.4) is 0 Å². The number of benzene rings is 1. The SMILES string of the molecule is COc1ccc(C(=O)Nc2nc(-c3cccs3)c(C(=O)C(F)(F)F)s2)cc1. The van der Waals surface area contributed by atoms with E-state index in [1.807, 2.05) is 0 Å². The highest BCUT2D eigenvalue weighted by Crippen LogP contribution is 2.37. The van der Waals surface area contributed by atoms with Crippen LogP contribution in [-0.4, -0.2) is 30.0 Å². The summed E-state index contributed by atoms with van der Waals surface area (Å²) in [6.07, 6.45) is -5.03. The maximum Gasteiger partial charge on any atom is 0.455 e. The van der Waals surface area contributed by atoms with Gasteiger partial charge in [0, 0.05) is 5.56 Å². The number of rotatable bonds is 5. The third-order valence-corrected chi connectivity index (χ3v) is 5.26. The molecule has 0 spiro atoms. The molecule has 0 saturated heterocycles. The third kappa shape index (κ3) is 4.17. The van der Waals surface area contributed by atoms with Crippen molar-refractivity contribution < 1.29 is 27.5 Å². The highest BCUT2D eigenvalue weighted by molar-refractivity contribution is 7.19. The Balaban J connectivity index is 1.91. The maximum absolute atomic E-state index is 12.9. The molecule has 5 nitrogen and oxygen atoms in total. The minimum absolute atomic E-state index is 0.0909. The number of nitrogens with zero attached hydrogens (tertiary/aromatic N) is 1. The lowest BCUT2D eigenvalue weighted by Gasteiger charge is -2.03. The summed E-state index contributed by atoms with van der Waals surface area (Å²) in [5, 5.41) is 4.01. The predicted octanol–water partition coefficient (Wildman–Crippen LogP) is 4.88. The van der Waals surface area contributed by atoms with Gasteiger partial charge in [-0.2, -0.15) is 13.2 Å². The molecule has 10 heteroatoms. The van der Waals surface area contributed by atoms with Crippen molar-refractivity contribution in [2.75, 3.05) is 12.4 Å². The molecule has 3 rings (SSSR count). The van der Waals surface area contributed by atoms with Gasteiger partial charge in [-0.3, -0.25) is 14.9 Å². The number of alkyl halides is 3. The fraction of sp³-hybridized carbons (Fsp3) is 0.118. The van der Waals surface area contributed by atoms with Crippen LogP contribution in [-0.2, 0) is 0 Å². The summed E-state index contributed by atoms with van der Waals surface area (Å²) in [6, 6.07) is 9.35. The Morgan fingerprint density at radius 2 is 1.85 bits per heavy atom. The number of hydrogen-bond donors (Lipinski definition) is 1. The number of halogens is 3. The Bertz CT molecular complexity index is 964. The van der Waals surface area contributed by atoms with Crippen molar-refractivity contribution in [2.24, 2.45) is 0 Å². The van der Waals surface area contributed by atoms with Gasteiger partial charge >= 0.3 is 6.18 Å². The summed E-state index contributed by atoms with van der Waals surface area (Å²) in [4.78, 5) is 27.9. The van der Waals surface area contributed by atoms with Crippen LogP contribution in [0.5, 0.6) is 5.75 Å². The Hall–Kier alpha value is -2.72. The number of aromatic nitrogens is 1. The van der Waals surface area contributed by atoms with E-state index in [0.717, 1.165) is 11.3 Å². The number of methoxy groups -OCH3 is 1. The van der Waals surface area contributed by atoms with E-state index in [2.05, 4.69) is 10.3 Å². The molecular weight excluding hydrogens is 401 g/mol. The number of thiazole rings is 1. The second-order valence-electron chi connectivity index (χ2n) is 5.18. The monoisotopic (exact) mass is 412 g/mol. The summed E-state index contributed by atoms with van der Waals surface area (Å²) in [5.74, 6) is -2.00. The average molecular weight is 412 g/mol. The first-order chi connectivity index (χ1) is 12.8. The number of anilines is 1. The summed E-state index contributed by atoms with van der Waals surface area (Å²) < 4.78 is 43.7.